The first-order valence-electron chi connectivity index (χ1n) is 28.5. The van der Waals surface area contributed by atoms with Crippen molar-refractivity contribution in [3.05, 3.63) is 102 Å². The molecular formula is C62H69F2N9O6. The van der Waals surface area contributed by atoms with E-state index in [1.54, 1.807) is 21.9 Å². The van der Waals surface area contributed by atoms with E-state index in [-0.39, 0.29) is 23.7 Å². The molecule has 7 aromatic rings. The standard InChI is InChI=1S/C62H69F2N9O6/c1-35-22-26-71(27-23-35)40-17-8-16-38(28-40)39-29-43-41(44(30-39)46-32-50-52(34-48(46)64)68-58(66-50)54-21-11-25-73(54)60(75)56(70-62(77)79-3)37-14-6-7-15-37)18-9-19-42(43)45-31-49-51(33-47(45)63)67-57(65-49)53-20-10-24-72(53)59(74)55(69-61(76)78-2)36-12-4-5-13-36/h8-9,16-19,28-37,53-56H,4-7,10-15,20-27H2,1-3H3,(H,65,67)(H,66,68)(H,69,76)(H,70,77)/t53-,54-,55-,56?/m0/s1. The number of piperidine rings is 1. The maximum Gasteiger partial charge on any atom is 0.407 e. The van der Waals surface area contributed by atoms with Gasteiger partial charge in [0.05, 0.1) is 48.4 Å². The number of likely N-dealkylation sites (tertiary alicyclic amines) is 2. The number of nitrogens with zero attached hydrogens (tertiary/aromatic N) is 5. The molecule has 2 aromatic heterocycles. The van der Waals surface area contributed by atoms with Crippen molar-refractivity contribution in [1.82, 2.24) is 40.4 Å². The van der Waals surface area contributed by atoms with Gasteiger partial charge in [-0.25, -0.2) is 28.3 Å². The number of rotatable bonds is 12. The third-order valence-corrected chi connectivity index (χ3v) is 18.0. The Bertz CT molecular complexity index is 3470. The number of nitrogens with one attached hydrogen (secondary N) is 4. The molecule has 5 aromatic carbocycles. The van der Waals surface area contributed by atoms with E-state index in [1.807, 2.05) is 24.3 Å². The third-order valence-electron chi connectivity index (χ3n) is 18.0. The summed E-state index contributed by atoms with van der Waals surface area (Å²) in [6.07, 6.45) is 11.1. The number of ether oxygens (including phenoxy) is 2. The first-order chi connectivity index (χ1) is 38.4. The van der Waals surface area contributed by atoms with Crippen LogP contribution in [-0.4, -0.2) is 106 Å². The van der Waals surface area contributed by atoms with Crippen LogP contribution in [0.2, 0.25) is 0 Å². The number of carbonyl (C=O) groups excluding carboxylic acids is 4. The largest absolute Gasteiger partial charge is 0.453 e. The summed E-state index contributed by atoms with van der Waals surface area (Å²) in [6, 6.07) is 22.4. The Morgan fingerprint density at radius 1 is 0.557 bits per heavy atom. The predicted octanol–water partition coefficient (Wildman–Crippen LogP) is 12.3. The van der Waals surface area contributed by atoms with Crippen molar-refractivity contribution in [3.63, 3.8) is 0 Å². The van der Waals surface area contributed by atoms with Crippen molar-refractivity contribution in [2.45, 2.75) is 121 Å². The quantitative estimate of drug-likeness (QED) is 0.0927. The Morgan fingerprint density at radius 2 is 1.08 bits per heavy atom. The fourth-order valence-electron chi connectivity index (χ4n) is 13.7. The molecule has 0 radical (unpaired) electrons. The van der Waals surface area contributed by atoms with Crippen molar-refractivity contribution in [2.24, 2.45) is 17.8 Å². The number of amides is 4. The minimum Gasteiger partial charge on any atom is -0.453 e. The fraction of sp³-hybridized carbons (Fsp3) is 0.452. The first kappa shape index (κ1) is 52.2. The zero-order valence-corrected chi connectivity index (χ0v) is 45.2. The number of hydrogen-bond donors (Lipinski definition) is 4. The average Bonchev–Trinajstić information content (AvgIpc) is 4.45. The molecule has 4 N–H and O–H groups in total. The number of hydrogen-bond acceptors (Lipinski definition) is 9. The van der Waals surface area contributed by atoms with Crippen LogP contribution in [-0.2, 0) is 19.1 Å². The van der Waals surface area contributed by atoms with E-state index in [1.165, 1.54) is 26.4 Å². The Hall–Kier alpha value is -7.56. The first-order valence-corrected chi connectivity index (χ1v) is 28.5. The van der Waals surface area contributed by atoms with Crippen molar-refractivity contribution in [2.75, 3.05) is 45.3 Å². The van der Waals surface area contributed by atoms with E-state index in [9.17, 15) is 19.2 Å². The van der Waals surface area contributed by atoms with E-state index in [0.717, 1.165) is 107 Å². The highest BCUT2D eigenvalue weighted by molar-refractivity contribution is 6.08. The summed E-state index contributed by atoms with van der Waals surface area (Å²) >= 11 is 0. The van der Waals surface area contributed by atoms with E-state index >= 15 is 8.78 Å². The molecule has 5 heterocycles. The molecule has 4 amide bonds. The average molecular weight is 1070 g/mol. The lowest BCUT2D eigenvalue weighted by molar-refractivity contribution is -0.136. The molecule has 5 fully saturated rings. The van der Waals surface area contributed by atoms with Crippen molar-refractivity contribution in [3.8, 4) is 33.4 Å². The Morgan fingerprint density at radius 3 is 1.61 bits per heavy atom. The van der Waals surface area contributed by atoms with Gasteiger partial charge in [-0.15, -0.1) is 0 Å². The van der Waals surface area contributed by atoms with Crippen LogP contribution >= 0.6 is 0 Å². The number of anilines is 1. The summed E-state index contributed by atoms with van der Waals surface area (Å²) in [5.74, 6) is 0.491. The second kappa shape index (κ2) is 21.9. The molecule has 0 spiro atoms. The summed E-state index contributed by atoms with van der Waals surface area (Å²) in [5, 5.41) is 7.10. The molecule has 2 saturated carbocycles. The topological polar surface area (TPSA) is 178 Å². The highest BCUT2D eigenvalue weighted by atomic mass is 19.1. The number of benzene rings is 5. The van der Waals surface area contributed by atoms with Gasteiger partial charge in [0.1, 0.15) is 35.4 Å². The van der Waals surface area contributed by atoms with Gasteiger partial charge < -0.3 is 44.8 Å². The van der Waals surface area contributed by atoms with E-state index in [0.29, 0.717) is 98.6 Å². The van der Waals surface area contributed by atoms with Crippen LogP contribution in [0.4, 0.5) is 24.1 Å². The monoisotopic (exact) mass is 1070 g/mol. The minimum atomic E-state index is -0.718. The van der Waals surface area contributed by atoms with E-state index in [4.69, 9.17) is 19.4 Å². The number of methoxy groups -OCH3 is 2. The fourth-order valence-corrected chi connectivity index (χ4v) is 13.7. The van der Waals surface area contributed by atoms with Crippen LogP contribution in [0.25, 0.3) is 66.2 Å². The van der Waals surface area contributed by atoms with Crippen LogP contribution in [0.1, 0.15) is 121 Å². The number of halogens is 2. The van der Waals surface area contributed by atoms with Gasteiger partial charge in [-0.2, -0.15) is 0 Å². The highest BCUT2D eigenvalue weighted by Crippen LogP contribution is 2.44. The Labute approximate surface area is 458 Å². The molecule has 12 rings (SSSR count). The molecule has 5 aliphatic rings. The van der Waals surface area contributed by atoms with Crippen molar-refractivity contribution in [1.29, 1.82) is 0 Å². The van der Waals surface area contributed by atoms with Gasteiger partial charge in [-0.3, -0.25) is 9.59 Å². The SMILES string of the molecule is COC(=O)NC(C(=O)N1CCC[C@H]1c1nc2cc(-c3cc(-c4cccc(N5CCC(C)CC5)c4)cc4c(-c5cc6nc([C@@H]7CCCN7C(=O)[C@@H](NC(=O)OC)C7CCCC7)[nH]c6cc5F)cccc34)c(F)cc2[nH]1)C1CCCC1. The lowest BCUT2D eigenvalue weighted by Gasteiger charge is -2.32. The van der Waals surface area contributed by atoms with E-state index < -0.39 is 48.0 Å². The molecule has 2 aliphatic carbocycles. The summed E-state index contributed by atoms with van der Waals surface area (Å²) in [4.78, 5) is 76.6. The number of alkyl carbamates (subject to hydrolysis) is 2. The summed E-state index contributed by atoms with van der Waals surface area (Å²) < 4.78 is 44.1. The molecule has 3 aliphatic heterocycles. The molecule has 1 unspecified atom stereocenters. The molecule has 412 valence electrons. The molecule has 15 nitrogen and oxygen atoms in total. The number of H-pyrrole nitrogens is 2. The zero-order chi connectivity index (χ0) is 54.5. The molecule has 79 heavy (non-hydrogen) atoms. The van der Waals surface area contributed by atoms with Crippen LogP contribution in [0, 0.1) is 29.4 Å². The maximum absolute atomic E-state index is 17.2. The molecular weight excluding hydrogens is 1000 g/mol. The number of carbonyl (C=O) groups is 4. The van der Waals surface area contributed by atoms with Crippen LogP contribution in [0.5, 0.6) is 0 Å². The van der Waals surface area contributed by atoms with Crippen LogP contribution in [0.15, 0.2) is 78.9 Å². The smallest absolute Gasteiger partial charge is 0.407 e. The Balaban J connectivity index is 0.927. The summed E-state index contributed by atoms with van der Waals surface area (Å²) in [6.45, 7) is 5.20. The van der Waals surface area contributed by atoms with Gasteiger partial charge in [0.2, 0.25) is 11.8 Å². The normalized spacial score (nSPS) is 20.2. The van der Waals surface area contributed by atoms with Gasteiger partial charge in [0.25, 0.3) is 0 Å². The van der Waals surface area contributed by atoms with Crippen molar-refractivity contribution < 1.29 is 37.4 Å². The number of fused-ring (bicyclic) bond motifs is 3. The predicted molar refractivity (Wildman–Crippen MR) is 300 cm³/mol. The lowest BCUT2D eigenvalue weighted by Crippen LogP contribution is -2.51. The number of aromatic nitrogens is 4. The second-order valence-electron chi connectivity index (χ2n) is 22.8. The van der Waals surface area contributed by atoms with Crippen LogP contribution in [0.3, 0.4) is 0 Å². The van der Waals surface area contributed by atoms with Gasteiger partial charge in [0.15, 0.2) is 0 Å². The lowest BCUT2D eigenvalue weighted by atomic mass is 9.88. The molecule has 4 atom stereocenters. The number of imidazole rings is 2. The second-order valence-corrected chi connectivity index (χ2v) is 22.8. The van der Waals surface area contributed by atoms with Crippen LogP contribution < -0.4 is 15.5 Å². The summed E-state index contributed by atoms with van der Waals surface area (Å²) in [7, 11) is 2.60. The highest BCUT2D eigenvalue weighted by Gasteiger charge is 2.42. The third kappa shape index (κ3) is 10.1. The zero-order valence-electron chi connectivity index (χ0n) is 45.2. The molecule has 3 saturated heterocycles. The van der Waals surface area contributed by atoms with Gasteiger partial charge in [-0.1, -0.05) is 62.9 Å². The Kier molecular flexibility index (Phi) is 14.5. The summed E-state index contributed by atoms with van der Waals surface area (Å²) in [5.41, 5.74) is 6.75. The number of aromatic amines is 2. The minimum absolute atomic E-state index is 0.00515. The molecule has 0 bridgehead atoms. The van der Waals surface area contributed by atoms with Gasteiger partial charge >= 0.3 is 12.2 Å². The maximum atomic E-state index is 17.2. The van der Waals surface area contributed by atoms with Gasteiger partial charge in [-0.05, 0) is 151 Å². The van der Waals surface area contributed by atoms with Gasteiger partial charge in [0, 0.05) is 55.1 Å². The van der Waals surface area contributed by atoms with E-state index in [2.05, 4.69) is 62.8 Å². The van der Waals surface area contributed by atoms with Crippen molar-refractivity contribution >= 4 is 62.5 Å². The molecule has 17 heteroatoms.